The second-order valence-electron chi connectivity index (χ2n) is 5.34. The summed E-state index contributed by atoms with van der Waals surface area (Å²) in [6.07, 6.45) is -0.722. The van der Waals surface area contributed by atoms with Crippen LogP contribution in [0.2, 0.25) is 0 Å². The van der Waals surface area contributed by atoms with Crippen molar-refractivity contribution in [1.82, 2.24) is 0 Å². The maximum Gasteiger partial charge on any atom is 0.253 e. The molecule has 1 atom stereocenters. The number of carbonyl (C=O) groups is 1. The zero-order valence-corrected chi connectivity index (χ0v) is 14.7. The second kappa shape index (κ2) is 8.11. The van der Waals surface area contributed by atoms with E-state index in [2.05, 4.69) is 5.32 Å². The van der Waals surface area contributed by atoms with Crippen LogP contribution < -0.4 is 15.2 Å². The first-order valence-electron chi connectivity index (χ1n) is 7.48. The summed E-state index contributed by atoms with van der Waals surface area (Å²) in [5.41, 5.74) is 1.23. The van der Waals surface area contributed by atoms with Crippen molar-refractivity contribution in [1.29, 1.82) is 0 Å². The molecule has 2 rings (SSSR count). The van der Waals surface area contributed by atoms with E-state index >= 15 is 0 Å². The molecule has 8 heteroatoms. The smallest absolute Gasteiger partial charge is 0.253 e. The third-order valence-electron chi connectivity index (χ3n) is 3.45. The molecule has 2 aromatic rings. The van der Waals surface area contributed by atoms with Crippen LogP contribution in [0.3, 0.4) is 0 Å². The van der Waals surface area contributed by atoms with Gasteiger partial charge in [-0.3, -0.25) is 4.79 Å². The molecule has 7 nitrogen and oxygen atoms in total. The molecule has 3 N–H and O–H groups in total. The summed E-state index contributed by atoms with van der Waals surface area (Å²) in [4.78, 5) is 12.0. The molecule has 0 aliphatic heterocycles. The Kier molecular flexibility index (Phi) is 6.13. The van der Waals surface area contributed by atoms with Crippen molar-refractivity contribution >= 4 is 21.6 Å². The average Bonchev–Trinajstić information content (AvgIpc) is 2.59. The second-order valence-corrected chi connectivity index (χ2v) is 6.87. The average molecular weight is 364 g/mol. The largest absolute Gasteiger partial charge is 0.495 e. The summed E-state index contributed by atoms with van der Waals surface area (Å²) in [6.45, 7) is 1.66. The lowest BCUT2D eigenvalue weighted by Gasteiger charge is -2.14. The van der Waals surface area contributed by atoms with E-state index < -0.39 is 16.1 Å². The SMILES string of the molecule is COc1ccc(COC(C)C(=O)Nc2ccccc2)cc1S(N)(=O)=O. The molecule has 2 aromatic carbocycles. The van der Waals surface area contributed by atoms with E-state index in [-0.39, 0.29) is 23.2 Å². The van der Waals surface area contributed by atoms with Gasteiger partial charge in [0.05, 0.1) is 13.7 Å². The highest BCUT2D eigenvalue weighted by atomic mass is 32.2. The predicted molar refractivity (Wildman–Crippen MR) is 93.7 cm³/mol. The fourth-order valence-electron chi connectivity index (χ4n) is 2.10. The molecule has 0 saturated carbocycles. The number of benzene rings is 2. The molecule has 0 aliphatic carbocycles. The van der Waals surface area contributed by atoms with Crippen molar-refractivity contribution < 1.29 is 22.7 Å². The summed E-state index contributed by atoms with van der Waals surface area (Å²) < 4.78 is 33.7. The molecule has 0 radical (unpaired) electrons. The number of para-hydroxylation sites is 1. The minimum absolute atomic E-state index is 0.0515. The molecule has 134 valence electrons. The normalized spacial score (nSPS) is 12.4. The van der Waals surface area contributed by atoms with Crippen molar-refractivity contribution in [2.24, 2.45) is 5.14 Å². The van der Waals surface area contributed by atoms with Gasteiger partial charge in [-0.05, 0) is 36.8 Å². The first kappa shape index (κ1) is 18.9. The topological polar surface area (TPSA) is 108 Å². The number of rotatable bonds is 7. The number of carbonyl (C=O) groups excluding carboxylic acids is 1. The van der Waals surface area contributed by atoms with Gasteiger partial charge in [0.15, 0.2) is 0 Å². The van der Waals surface area contributed by atoms with Gasteiger partial charge < -0.3 is 14.8 Å². The summed E-state index contributed by atoms with van der Waals surface area (Å²) >= 11 is 0. The fourth-order valence-corrected chi connectivity index (χ4v) is 2.84. The van der Waals surface area contributed by atoms with E-state index in [4.69, 9.17) is 14.6 Å². The number of hydrogen-bond acceptors (Lipinski definition) is 5. The Morgan fingerprint density at radius 3 is 2.48 bits per heavy atom. The zero-order chi connectivity index (χ0) is 18.4. The maximum absolute atomic E-state index is 12.1. The number of primary sulfonamides is 1. The van der Waals surface area contributed by atoms with Crippen LogP contribution in [0.5, 0.6) is 5.75 Å². The van der Waals surface area contributed by atoms with Crippen LogP contribution >= 0.6 is 0 Å². The van der Waals surface area contributed by atoms with Gasteiger partial charge in [-0.1, -0.05) is 24.3 Å². The maximum atomic E-state index is 12.1. The van der Waals surface area contributed by atoms with Gasteiger partial charge in [0.1, 0.15) is 16.7 Å². The van der Waals surface area contributed by atoms with Crippen LogP contribution in [-0.4, -0.2) is 27.5 Å². The van der Waals surface area contributed by atoms with Crippen molar-refractivity contribution in [3.63, 3.8) is 0 Å². The van der Waals surface area contributed by atoms with E-state index in [0.717, 1.165) is 0 Å². The van der Waals surface area contributed by atoms with Crippen LogP contribution in [0.4, 0.5) is 5.69 Å². The van der Waals surface area contributed by atoms with Crippen LogP contribution in [0, 0.1) is 0 Å². The summed E-state index contributed by atoms with van der Waals surface area (Å²) in [5.74, 6) is -0.146. The third-order valence-corrected chi connectivity index (χ3v) is 4.38. The molecule has 0 saturated heterocycles. The Balaban J connectivity index is 2.02. The molecule has 1 amide bonds. The number of anilines is 1. The number of nitrogens with one attached hydrogen (secondary N) is 1. The first-order chi connectivity index (χ1) is 11.8. The molecule has 0 spiro atoms. The van der Waals surface area contributed by atoms with Crippen LogP contribution in [0.15, 0.2) is 53.4 Å². The third kappa shape index (κ3) is 5.28. The summed E-state index contributed by atoms with van der Waals surface area (Å²) in [7, 11) is -2.57. The van der Waals surface area contributed by atoms with Gasteiger partial charge in [-0.15, -0.1) is 0 Å². The lowest BCUT2D eigenvalue weighted by Crippen LogP contribution is -2.27. The van der Waals surface area contributed by atoms with Gasteiger partial charge in [-0.2, -0.15) is 0 Å². The quantitative estimate of drug-likeness (QED) is 0.780. The van der Waals surface area contributed by atoms with Gasteiger partial charge in [0.25, 0.3) is 5.91 Å². The molecule has 0 aliphatic rings. The Hall–Kier alpha value is -2.42. The van der Waals surface area contributed by atoms with Crippen molar-refractivity contribution in [2.75, 3.05) is 12.4 Å². The van der Waals surface area contributed by atoms with Gasteiger partial charge in [0, 0.05) is 5.69 Å². The van der Waals surface area contributed by atoms with Gasteiger partial charge in [0.2, 0.25) is 10.0 Å². The van der Waals surface area contributed by atoms with Gasteiger partial charge >= 0.3 is 0 Å². The van der Waals surface area contributed by atoms with Gasteiger partial charge in [-0.25, -0.2) is 13.6 Å². The lowest BCUT2D eigenvalue weighted by molar-refractivity contribution is -0.127. The molecule has 0 fully saturated rings. The molecule has 1 unspecified atom stereocenters. The predicted octanol–water partition coefficient (Wildman–Crippen LogP) is 1.89. The van der Waals surface area contributed by atoms with E-state index in [9.17, 15) is 13.2 Å². The van der Waals surface area contributed by atoms with E-state index in [1.807, 2.05) is 18.2 Å². The summed E-state index contributed by atoms with van der Waals surface area (Å²) in [6, 6.07) is 13.5. The molecular formula is C17H20N2O5S. The van der Waals surface area contributed by atoms with Crippen LogP contribution in [0.25, 0.3) is 0 Å². The minimum Gasteiger partial charge on any atom is -0.495 e. The Morgan fingerprint density at radius 2 is 1.88 bits per heavy atom. The molecule has 0 heterocycles. The first-order valence-corrected chi connectivity index (χ1v) is 9.03. The lowest BCUT2D eigenvalue weighted by atomic mass is 10.2. The number of ether oxygens (including phenoxy) is 2. The van der Waals surface area contributed by atoms with Crippen LogP contribution in [-0.2, 0) is 26.2 Å². The zero-order valence-electron chi connectivity index (χ0n) is 13.9. The summed E-state index contributed by atoms with van der Waals surface area (Å²) in [5, 5.41) is 7.91. The van der Waals surface area contributed by atoms with E-state index in [0.29, 0.717) is 11.3 Å². The fraction of sp³-hybridized carbons (Fsp3) is 0.235. The number of amides is 1. The highest BCUT2D eigenvalue weighted by Crippen LogP contribution is 2.24. The standard InChI is InChI=1S/C17H20N2O5S/c1-12(17(20)19-14-6-4-3-5-7-14)24-11-13-8-9-15(23-2)16(10-13)25(18,21)22/h3-10,12H,11H2,1-2H3,(H,19,20)(H2,18,21,22). The molecular weight excluding hydrogens is 344 g/mol. The highest BCUT2D eigenvalue weighted by Gasteiger charge is 2.17. The van der Waals surface area contributed by atoms with E-state index in [1.165, 1.54) is 19.2 Å². The Labute approximate surface area is 146 Å². The number of methoxy groups -OCH3 is 1. The number of nitrogens with two attached hydrogens (primary N) is 1. The van der Waals surface area contributed by atoms with Crippen molar-refractivity contribution in [3.05, 3.63) is 54.1 Å². The molecule has 0 aromatic heterocycles. The number of hydrogen-bond donors (Lipinski definition) is 2. The monoisotopic (exact) mass is 364 g/mol. The Morgan fingerprint density at radius 1 is 1.20 bits per heavy atom. The highest BCUT2D eigenvalue weighted by molar-refractivity contribution is 7.89. The number of sulfonamides is 1. The van der Waals surface area contributed by atoms with Crippen molar-refractivity contribution in [2.45, 2.75) is 24.5 Å². The molecule has 25 heavy (non-hydrogen) atoms. The van der Waals surface area contributed by atoms with E-state index in [1.54, 1.807) is 25.1 Å². The van der Waals surface area contributed by atoms with Crippen LogP contribution in [0.1, 0.15) is 12.5 Å². The molecule has 0 bridgehead atoms. The van der Waals surface area contributed by atoms with Crippen molar-refractivity contribution in [3.8, 4) is 5.75 Å². The minimum atomic E-state index is -3.92. The Bertz CT molecular complexity index is 837.